The van der Waals surface area contributed by atoms with E-state index in [9.17, 15) is 4.79 Å². The predicted octanol–water partition coefficient (Wildman–Crippen LogP) is 1.41. The Balaban J connectivity index is 2.48. The first-order chi connectivity index (χ1) is 7.29. The van der Waals surface area contributed by atoms with Gasteiger partial charge >= 0.3 is 0 Å². The van der Waals surface area contributed by atoms with Crippen LogP contribution in [0.3, 0.4) is 0 Å². The molecule has 1 rings (SSSR count). The Morgan fingerprint density at radius 3 is 2.31 bits per heavy atom. The Labute approximate surface area is 98.5 Å². The van der Waals surface area contributed by atoms with Crippen molar-refractivity contribution in [3.8, 4) is 0 Å². The van der Waals surface area contributed by atoms with Gasteiger partial charge in [0, 0.05) is 24.0 Å². The third kappa shape index (κ3) is 4.10. The maximum atomic E-state index is 11.8. The monoisotopic (exact) mass is 227 g/mol. The van der Waals surface area contributed by atoms with E-state index in [0.717, 1.165) is 12.8 Å². The molecule has 1 amide bonds. The summed E-state index contributed by atoms with van der Waals surface area (Å²) in [6.07, 6.45) is 3.91. The SMILES string of the molecule is CC1CCCC(C)N1NC(=O)CC(C)(C)N. The van der Waals surface area contributed by atoms with Crippen molar-refractivity contribution in [2.45, 2.75) is 71.0 Å². The topological polar surface area (TPSA) is 58.4 Å². The number of carbonyl (C=O) groups excluding carboxylic acids is 1. The van der Waals surface area contributed by atoms with E-state index >= 15 is 0 Å². The molecule has 0 saturated carbocycles. The van der Waals surface area contributed by atoms with Crippen LogP contribution >= 0.6 is 0 Å². The summed E-state index contributed by atoms with van der Waals surface area (Å²) in [5, 5.41) is 2.08. The van der Waals surface area contributed by atoms with Crippen molar-refractivity contribution < 1.29 is 4.79 Å². The van der Waals surface area contributed by atoms with Crippen molar-refractivity contribution in [2.24, 2.45) is 5.73 Å². The highest BCUT2D eigenvalue weighted by Gasteiger charge is 2.27. The van der Waals surface area contributed by atoms with Crippen molar-refractivity contribution >= 4 is 5.91 Å². The molecule has 0 aromatic heterocycles. The molecule has 1 fully saturated rings. The number of hydrazine groups is 1. The van der Waals surface area contributed by atoms with E-state index in [0.29, 0.717) is 18.5 Å². The zero-order chi connectivity index (χ0) is 12.3. The molecule has 1 heterocycles. The summed E-state index contributed by atoms with van der Waals surface area (Å²) in [5.74, 6) is 0.0214. The molecule has 0 spiro atoms. The van der Waals surface area contributed by atoms with Crippen LogP contribution in [0.15, 0.2) is 0 Å². The Hall–Kier alpha value is -0.610. The minimum Gasteiger partial charge on any atom is -0.325 e. The lowest BCUT2D eigenvalue weighted by Gasteiger charge is -2.39. The van der Waals surface area contributed by atoms with E-state index in [1.165, 1.54) is 6.42 Å². The first-order valence-electron chi connectivity index (χ1n) is 6.16. The van der Waals surface area contributed by atoms with Crippen molar-refractivity contribution in [3.05, 3.63) is 0 Å². The highest BCUT2D eigenvalue weighted by molar-refractivity contribution is 5.76. The van der Waals surface area contributed by atoms with Gasteiger partial charge in [0.05, 0.1) is 0 Å². The van der Waals surface area contributed by atoms with E-state index in [1.54, 1.807) is 0 Å². The molecule has 0 aliphatic carbocycles. The van der Waals surface area contributed by atoms with Crippen LogP contribution in [-0.4, -0.2) is 28.5 Å². The smallest absolute Gasteiger partial charge is 0.236 e. The van der Waals surface area contributed by atoms with E-state index in [4.69, 9.17) is 5.73 Å². The van der Waals surface area contributed by atoms with Crippen LogP contribution in [0.5, 0.6) is 0 Å². The van der Waals surface area contributed by atoms with E-state index < -0.39 is 5.54 Å². The molecule has 0 radical (unpaired) electrons. The molecular weight excluding hydrogens is 202 g/mol. The number of carbonyl (C=O) groups is 1. The van der Waals surface area contributed by atoms with Crippen LogP contribution in [0, 0.1) is 0 Å². The van der Waals surface area contributed by atoms with E-state index in [2.05, 4.69) is 24.3 Å². The van der Waals surface area contributed by atoms with Crippen LogP contribution < -0.4 is 11.2 Å². The zero-order valence-corrected chi connectivity index (χ0v) is 10.9. The number of rotatable bonds is 3. The molecule has 1 saturated heterocycles. The minimum absolute atomic E-state index is 0.0214. The predicted molar refractivity (Wildman–Crippen MR) is 65.6 cm³/mol. The van der Waals surface area contributed by atoms with Gasteiger partial charge in [-0.2, -0.15) is 0 Å². The van der Waals surface area contributed by atoms with Crippen molar-refractivity contribution in [2.75, 3.05) is 0 Å². The fourth-order valence-electron chi connectivity index (χ4n) is 2.24. The average Bonchev–Trinajstić information content (AvgIpc) is 2.08. The van der Waals surface area contributed by atoms with Gasteiger partial charge in [-0.1, -0.05) is 6.42 Å². The summed E-state index contributed by atoms with van der Waals surface area (Å²) in [5.41, 5.74) is 8.38. The second-order valence-electron chi connectivity index (χ2n) is 5.74. The number of amides is 1. The molecule has 1 aliphatic heterocycles. The number of nitrogens with two attached hydrogens (primary N) is 1. The molecule has 2 atom stereocenters. The molecular formula is C12H25N3O. The summed E-state index contributed by atoms with van der Waals surface area (Å²) in [6.45, 7) is 8.05. The summed E-state index contributed by atoms with van der Waals surface area (Å²) >= 11 is 0. The molecule has 0 aromatic rings. The fourth-order valence-corrected chi connectivity index (χ4v) is 2.24. The zero-order valence-electron chi connectivity index (χ0n) is 10.9. The van der Waals surface area contributed by atoms with E-state index in [1.807, 2.05) is 13.8 Å². The molecule has 0 bridgehead atoms. The first kappa shape index (κ1) is 13.5. The van der Waals surface area contributed by atoms with Gasteiger partial charge in [0.25, 0.3) is 0 Å². The van der Waals surface area contributed by atoms with Gasteiger partial charge in [-0.25, -0.2) is 5.01 Å². The van der Waals surface area contributed by atoms with Crippen LogP contribution in [0.1, 0.15) is 53.4 Å². The number of nitrogens with zero attached hydrogens (tertiary/aromatic N) is 1. The maximum Gasteiger partial charge on any atom is 0.236 e. The Morgan fingerprint density at radius 2 is 1.88 bits per heavy atom. The van der Waals surface area contributed by atoms with Gasteiger partial charge < -0.3 is 5.73 Å². The van der Waals surface area contributed by atoms with Crippen LogP contribution in [-0.2, 0) is 4.79 Å². The second kappa shape index (κ2) is 5.15. The summed E-state index contributed by atoms with van der Waals surface area (Å²) < 4.78 is 0. The lowest BCUT2D eigenvalue weighted by Crippen LogP contribution is -2.55. The summed E-state index contributed by atoms with van der Waals surface area (Å²) in [4.78, 5) is 11.8. The van der Waals surface area contributed by atoms with Crippen LogP contribution in [0.4, 0.5) is 0 Å². The molecule has 16 heavy (non-hydrogen) atoms. The first-order valence-corrected chi connectivity index (χ1v) is 6.16. The molecule has 4 heteroatoms. The van der Waals surface area contributed by atoms with Crippen molar-refractivity contribution in [1.82, 2.24) is 10.4 Å². The van der Waals surface area contributed by atoms with Gasteiger partial charge in [-0.05, 0) is 40.5 Å². The Kier molecular flexibility index (Phi) is 4.33. The summed E-state index contributed by atoms with van der Waals surface area (Å²) in [7, 11) is 0. The second-order valence-corrected chi connectivity index (χ2v) is 5.74. The number of hydrogen-bond donors (Lipinski definition) is 2. The van der Waals surface area contributed by atoms with Crippen molar-refractivity contribution in [1.29, 1.82) is 0 Å². The maximum absolute atomic E-state index is 11.8. The molecule has 4 nitrogen and oxygen atoms in total. The minimum atomic E-state index is -0.438. The normalized spacial score (nSPS) is 27.8. The Bertz CT molecular complexity index is 237. The number of hydrogen-bond acceptors (Lipinski definition) is 3. The van der Waals surface area contributed by atoms with Gasteiger partial charge in [0.2, 0.25) is 5.91 Å². The van der Waals surface area contributed by atoms with Crippen LogP contribution in [0.2, 0.25) is 0 Å². The quantitative estimate of drug-likeness (QED) is 0.766. The van der Waals surface area contributed by atoms with Crippen molar-refractivity contribution in [3.63, 3.8) is 0 Å². The lowest BCUT2D eigenvalue weighted by atomic mass is 9.99. The number of nitrogens with one attached hydrogen (secondary N) is 1. The molecule has 3 N–H and O–H groups in total. The third-order valence-electron chi connectivity index (χ3n) is 3.06. The van der Waals surface area contributed by atoms with Gasteiger partial charge in [0.1, 0.15) is 0 Å². The molecule has 94 valence electrons. The third-order valence-corrected chi connectivity index (χ3v) is 3.06. The average molecular weight is 227 g/mol. The highest BCUT2D eigenvalue weighted by Crippen LogP contribution is 2.20. The summed E-state index contributed by atoms with van der Waals surface area (Å²) in [6, 6.07) is 0.849. The number of piperidine rings is 1. The largest absolute Gasteiger partial charge is 0.325 e. The standard InChI is InChI=1S/C12H25N3O/c1-9-6-5-7-10(2)15(9)14-11(16)8-12(3,4)13/h9-10H,5-8,13H2,1-4H3,(H,14,16). The fraction of sp³-hybridized carbons (Fsp3) is 0.917. The molecule has 2 unspecified atom stereocenters. The van der Waals surface area contributed by atoms with E-state index in [-0.39, 0.29) is 5.91 Å². The van der Waals surface area contributed by atoms with Gasteiger partial charge in [0.15, 0.2) is 0 Å². The van der Waals surface area contributed by atoms with Crippen LogP contribution in [0.25, 0.3) is 0 Å². The van der Waals surface area contributed by atoms with Gasteiger partial charge in [-0.15, -0.1) is 0 Å². The lowest BCUT2D eigenvalue weighted by molar-refractivity contribution is -0.130. The Morgan fingerprint density at radius 1 is 1.38 bits per heavy atom. The molecule has 1 aliphatic rings. The molecule has 0 aromatic carbocycles. The van der Waals surface area contributed by atoms with Gasteiger partial charge in [-0.3, -0.25) is 10.2 Å². The highest BCUT2D eigenvalue weighted by atomic mass is 16.2.